The molecule has 0 aliphatic heterocycles. The first-order chi connectivity index (χ1) is 22.9. The first-order valence-electron chi connectivity index (χ1n) is 18.9. The summed E-state index contributed by atoms with van der Waals surface area (Å²) in [6.45, 7) is 11.1. The van der Waals surface area contributed by atoms with Gasteiger partial charge >= 0.3 is 0 Å². The smallest absolute Gasteiger partial charge is 0.0738 e. The minimum absolute atomic E-state index is 0.103. The lowest BCUT2D eigenvalue weighted by atomic mass is 10.0. The Kier molecular flexibility index (Phi) is 27.4. The Morgan fingerprint density at radius 3 is 1.47 bits per heavy atom. The zero-order chi connectivity index (χ0) is 34.4. The Hall–Kier alpha value is -2.09. The van der Waals surface area contributed by atoms with Gasteiger partial charge in [-0.2, -0.15) is 0 Å². The van der Waals surface area contributed by atoms with E-state index in [1.165, 1.54) is 51.4 Å². The molecule has 47 heavy (non-hydrogen) atoms. The molecule has 2 aromatic rings. The minimum Gasteiger partial charge on any atom is -0.393 e. The number of nitrogens with zero attached hydrogens (tertiary/aromatic N) is 1. The van der Waals surface area contributed by atoms with E-state index in [1.54, 1.807) is 0 Å². The molecule has 0 unspecified atom stereocenters. The molecule has 0 heterocycles. The number of hydrogen-bond donors (Lipinski definition) is 3. The largest absolute Gasteiger partial charge is 0.393 e. The highest BCUT2D eigenvalue weighted by Crippen LogP contribution is 2.15. The fourth-order valence-electron chi connectivity index (χ4n) is 5.20. The lowest BCUT2D eigenvalue weighted by molar-refractivity contribution is 0.0699. The van der Waals surface area contributed by atoms with Crippen LogP contribution < -0.4 is 5.73 Å². The highest BCUT2D eigenvalue weighted by atomic mass is 16.5. The van der Waals surface area contributed by atoms with Crippen molar-refractivity contribution in [3.63, 3.8) is 0 Å². The van der Waals surface area contributed by atoms with Gasteiger partial charge in [0, 0.05) is 30.4 Å². The van der Waals surface area contributed by atoms with Gasteiger partial charge in [-0.1, -0.05) is 153 Å². The van der Waals surface area contributed by atoms with Crippen molar-refractivity contribution in [2.24, 2.45) is 10.7 Å². The van der Waals surface area contributed by atoms with Gasteiger partial charge in [0.25, 0.3) is 0 Å². The van der Waals surface area contributed by atoms with E-state index < -0.39 is 0 Å². The Bertz CT molecular complexity index is 930. The molecular formula is C41H70N2O4. The molecule has 0 saturated heterocycles. The lowest BCUT2D eigenvalue weighted by Crippen LogP contribution is -2.25. The lowest BCUT2D eigenvalue weighted by Gasteiger charge is -2.16. The Morgan fingerprint density at radius 2 is 1.04 bits per heavy atom. The topological polar surface area (TPSA) is 97.3 Å². The van der Waals surface area contributed by atoms with Gasteiger partial charge in [0.2, 0.25) is 0 Å². The van der Waals surface area contributed by atoms with Crippen LogP contribution in [0.3, 0.4) is 0 Å². The second kappa shape index (κ2) is 30.0. The molecular weight excluding hydrogens is 584 g/mol. The summed E-state index contributed by atoms with van der Waals surface area (Å²) in [5.41, 5.74) is 8.99. The molecule has 0 aliphatic carbocycles. The molecule has 0 radical (unpaired) electrons. The van der Waals surface area contributed by atoms with Crippen molar-refractivity contribution in [2.45, 2.75) is 155 Å². The number of benzene rings is 2. The fraction of sp³-hybridized carbons (Fsp3) is 0.683. The molecule has 4 atom stereocenters. The van der Waals surface area contributed by atoms with Crippen molar-refractivity contribution in [1.82, 2.24) is 0 Å². The van der Waals surface area contributed by atoms with Gasteiger partial charge < -0.3 is 25.4 Å². The summed E-state index contributed by atoms with van der Waals surface area (Å²) in [6.07, 6.45) is 17.1. The molecule has 6 nitrogen and oxygen atoms in total. The maximum absolute atomic E-state index is 10.2. The van der Waals surface area contributed by atoms with E-state index in [0.717, 1.165) is 61.8 Å². The van der Waals surface area contributed by atoms with Crippen LogP contribution in [0.4, 0.5) is 0 Å². The Balaban J connectivity index is 0.000000554. The summed E-state index contributed by atoms with van der Waals surface area (Å²) in [7, 11) is 0. The average molecular weight is 655 g/mol. The van der Waals surface area contributed by atoms with E-state index in [1.807, 2.05) is 12.1 Å². The van der Waals surface area contributed by atoms with Gasteiger partial charge in [0.1, 0.15) is 0 Å². The molecule has 0 spiro atoms. The van der Waals surface area contributed by atoms with Crippen molar-refractivity contribution >= 4 is 5.71 Å². The van der Waals surface area contributed by atoms with Gasteiger partial charge in [-0.05, 0) is 38.5 Å². The molecule has 6 heteroatoms. The number of unbranched alkanes of at least 4 members (excludes halogenated alkanes) is 8. The zero-order valence-electron chi connectivity index (χ0n) is 30.5. The van der Waals surface area contributed by atoms with E-state index >= 15 is 0 Å². The molecule has 4 N–H and O–H groups in total. The number of aliphatic hydroxyl groups is 2. The van der Waals surface area contributed by atoms with Crippen LogP contribution >= 0.6 is 0 Å². The van der Waals surface area contributed by atoms with E-state index in [-0.39, 0.29) is 24.3 Å². The van der Waals surface area contributed by atoms with Crippen LogP contribution in [0.25, 0.3) is 0 Å². The van der Waals surface area contributed by atoms with Gasteiger partial charge in [-0.25, -0.2) is 0 Å². The van der Waals surface area contributed by atoms with Crippen molar-refractivity contribution in [2.75, 3.05) is 26.4 Å². The van der Waals surface area contributed by atoms with Crippen LogP contribution in [-0.4, -0.2) is 66.6 Å². The fourth-order valence-corrected chi connectivity index (χ4v) is 5.20. The molecule has 2 rings (SSSR count). The third kappa shape index (κ3) is 23.0. The first-order valence-corrected chi connectivity index (χ1v) is 18.9. The van der Waals surface area contributed by atoms with Gasteiger partial charge in [-0.15, -0.1) is 0 Å². The number of rotatable bonds is 27. The normalized spacial score (nSPS) is 13.7. The van der Waals surface area contributed by atoms with Crippen LogP contribution in [-0.2, 0) is 9.47 Å². The molecule has 0 saturated carbocycles. The Labute approximate surface area is 288 Å². The van der Waals surface area contributed by atoms with Gasteiger partial charge in [0.05, 0.1) is 37.2 Å². The monoisotopic (exact) mass is 655 g/mol. The quantitative estimate of drug-likeness (QED) is 0.0659. The van der Waals surface area contributed by atoms with E-state index in [2.05, 4.69) is 76.2 Å². The van der Waals surface area contributed by atoms with Crippen molar-refractivity contribution in [3.8, 4) is 0 Å². The van der Waals surface area contributed by atoms with Crippen molar-refractivity contribution < 1.29 is 19.7 Å². The third-order valence-electron chi connectivity index (χ3n) is 8.52. The molecule has 0 fully saturated rings. The van der Waals surface area contributed by atoms with E-state index in [9.17, 15) is 10.2 Å². The number of nitrogens with two attached hydrogens (primary N) is 1. The second-order valence-electron chi connectivity index (χ2n) is 12.9. The number of aliphatic hydroxyl groups excluding tert-OH is 2. The predicted molar refractivity (Wildman–Crippen MR) is 201 cm³/mol. The highest BCUT2D eigenvalue weighted by Gasteiger charge is 2.12. The molecule has 0 aliphatic rings. The van der Waals surface area contributed by atoms with Gasteiger partial charge in [0.15, 0.2) is 0 Å². The van der Waals surface area contributed by atoms with Crippen LogP contribution in [0.2, 0.25) is 0 Å². The highest BCUT2D eigenvalue weighted by molar-refractivity contribution is 6.12. The standard InChI is InChI=1S/C27H39NO2.C14H31NO2/c1-3-5-6-7-14-19-26(29)20-21-30-22-25(4-2)28-27(23-15-10-8-11-16-23)24-17-12-9-13-18-24;1-3-5-6-7-8-9-14(16)10-11-17-12-13(15)4-2/h8-13,15-18,25-26,29H,3-7,14,19-22H2,1-2H3;13-14,16H,3-12,15H2,1-2H3/t25-,26+;13-,14+/m00/s1. The van der Waals surface area contributed by atoms with Crippen LogP contribution in [0.1, 0.15) is 142 Å². The predicted octanol–water partition coefficient (Wildman–Crippen LogP) is 9.28. The molecule has 0 amide bonds. The number of hydrogen-bond acceptors (Lipinski definition) is 6. The molecule has 268 valence electrons. The summed E-state index contributed by atoms with van der Waals surface area (Å²) in [5.74, 6) is 0. The minimum atomic E-state index is -0.251. The molecule has 2 aromatic carbocycles. The molecule has 0 aromatic heterocycles. The summed E-state index contributed by atoms with van der Waals surface area (Å²) in [5, 5.41) is 19.9. The SMILES string of the molecule is CCCCCCC[C@@H](O)CCOC[C@@H](N)CC.CCCCCCC[C@@H](O)CCOC[C@H](CC)N=C(c1ccccc1)c1ccccc1. The number of ether oxygens (including phenoxy) is 2. The molecule has 0 bridgehead atoms. The van der Waals surface area contributed by atoms with E-state index in [4.69, 9.17) is 20.2 Å². The summed E-state index contributed by atoms with van der Waals surface area (Å²) in [4.78, 5) is 5.06. The van der Waals surface area contributed by atoms with Crippen LogP contribution in [0, 0.1) is 0 Å². The summed E-state index contributed by atoms with van der Waals surface area (Å²) in [6, 6.07) is 20.9. The van der Waals surface area contributed by atoms with Crippen LogP contribution in [0.15, 0.2) is 65.7 Å². The summed E-state index contributed by atoms with van der Waals surface area (Å²) < 4.78 is 11.3. The van der Waals surface area contributed by atoms with Crippen LogP contribution in [0.5, 0.6) is 0 Å². The van der Waals surface area contributed by atoms with E-state index in [0.29, 0.717) is 32.8 Å². The van der Waals surface area contributed by atoms with Crippen molar-refractivity contribution in [3.05, 3.63) is 71.8 Å². The third-order valence-corrected chi connectivity index (χ3v) is 8.52. The maximum Gasteiger partial charge on any atom is 0.0738 e. The zero-order valence-corrected chi connectivity index (χ0v) is 30.5. The maximum atomic E-state index is 10.2. The van der Waals surface area contributed by atoms with Gasteiger partial charge in [-0.3, -0.25) is 4.99 Å². The first kappa shape index (κ1) is 42.9. The summed E-state index contributed by atoms with van der Waals surface area (Å²) >= 11 is 0. The second-order valence-corrected chi connectivity index (χ2v) is 12.9. The van der Waals surface area contributed by atoms with Crippen molar-refractivity contribution in [1.29, 1.82) is 0 Å². The average Bonchev–Trinajstić information content (AvgIpc) is 3.10. The number of aliphatic imine (C=N–C) groups is 1. The Morgan fingerprint density at radius 1 is 0.596 bits per heavy atom.